The van der Waals surface area contributed by atoms with Crippen LogP contribution in [0, 0.1) is 29.6 Å². The lowest BCUT2D eigenvalue weighted by Gasteiger charge is -2.26. The average Bonchev–Trinajstić information content (AvgIpc) is 2.81. The van der Waals surface area contributed by atoms with Gasteiger partial charge in [0.2, 0.25) is 0 Å². The first-order valence-corrected chi connectivity index (χ1v) is 8.36. The van der Waals surface area contributed by atoms with Gasteiger partial charge in [-0.05, 0) is 81.3 Å². The molecule has 0 radical (unpaired) electrons. The minimum atomic E-state index is 1.08. The maximum absolute atomic E-state index is 3.75. The second-order valence-electron chi connectivity index (χ2n) is 7.26. The van der Waals surface area contributed by atoms with E-state index < -0.39 is 0 Å². The molecule has 0 aromatic carbocycles. The second-order valence-corrected chi connectivity index (χ2v) is 7.26. The number of fused-ring (bicyclic) bond motifs is 5. The molecule has 0 spiro atoms. The predicted octanol–water partition coefficient (Wildman–Crippen LogP) is 2.35. The van der Waals surface area contributed by atoms with E-state index in [1.54, 1.807) is 19.3 Å². The van der Waals surface area contributed by atoms with Crippen molar-refractivity contribution in [3.63, 3.8) is 0 Å². The van der Waals surface area contributed by atoms with Crippen LogP contribution in [0.1, 0.15) is 38.5 Å². The van der Waals surface area contributed by atoms with Crippen LogP contribution in [0.4, 0.5) is 0 Å². The predicted molar refractivity (Wildman–Crippen MR) is 74.5 cm³/mol. The van der Waals surface area contributed by atoms with Crippen LogP contribution < -0.4 is 5.32 Å². The fraction of sp³-hybridized carbons (Fsp3) is 1.00. The van der Waals surface area contributed by atoms with Gasteiger partial charge in [-0.25, -0.2) is 0 Å². The first kappa shape index (κ1) is 11.7. The van der Waals surface area contributed by atoms with Gasteiger partial charge >= 0.3 is 0 Å². The van der Waals surface area contributed by atoms with Gasteiger partial charge in [0.25, 0.3) is 0 Å². The molecule has 1 heterocycles. The van der Waals surface area contributed by atoms with Crippen molar-refractivity contribution in [2.45, 2.75) is 38.5 Å². The number of hydrogen-bond acceptors (Lipinski definition) is 2. The summed E-state index contributed by atoms with van der Waals surface area (Å²) in [5.41, 5.74) is 0. The fourth-order valence-corrected chi connectivity index (χ4v) is 5.47. The Bertz CT molecular complexity index is 281. The number of hydrogen-bond donors (Lipinski definition) is 1. The van der Waals surface area contributed by atoms with Crippen molar-refractivity contribution in [2.24, 2.45) is 29.6 Å². The van der Waals surface area contributed by atoms with E-state index in [0.29, 0.717) is 0 Å². The molecule has 4 atom stereocenters. The second kappa shape index (κ2) is 4.79. The number of rotatable bonds is 5. The molecule has 4 aliphatic rings. The highest BCUT2D eigenvalue weighted by Gasteiger charge is 2.64. The van der Waals surface area contributed by atoms with Crippen molar-refractivity contribution in [3.8, 4) is 0 Å². The summed E-state index contributed by atoms with van der Waals surface area (Å²) in [6, 6.07) is 0. The van der Waals surface area contributed by atoms with Crippen LogP contribution in [0.15, 0.2) is 0 Å². The molecule has 1 aliphatic heterocycles. The Morgan fingerprint density at radius 1 is 0.944 bits per heavy atom. The zero-order valence-corrected chi connectivity index (χ0v) is 11.6. The summed E-state index contributed by atoms with van der Waals surface area (Å²) in [6.07, 6.45) is 9.04. The van der Waals surface area contributed by atoms with Gasteiger partial charge < -0.3 is 10.2 Å². The zero-order chi connectivity index (χ0) is 11.9. The van der Waals surface area contributed by atoms with E-state index in [9.17, 15) is 0 Å². The first-order valence-electron chi connectivity index (χ1n) is 8.36. The topological polar surface area (TPSA) is 15.3 Å². The van der Waals surface area contributed by atoms with E-state index in [1.165, 1.54) is 52.0 Å². The Labute approximate surface area is 111 Å². The molecule has 1 saturated heterocycles. The van der Waals surface area contributed by atoms with Gasteiger partial charge in [-0.15, -0.1) is 0 Å². The lowest BCUT2D eigenvalue weighted by atomic mass is 10.0. The van der Waals surface area contributed by atoms with E-state index in [0.717, 1.165) is 29.6 Å². The standard InChI is InChI=1S/C16H28N2/c1-2-7-18(8-3-1)9-6-17-11-14-15-12-4-5-13(10-12)16(14)15/h12-17H,1-11H2. The third-order valence-electron chi connectivity index (χ3n) is 6.33. The van der Waals surface area contributed by atoms with Crippen molar-refractivity contribution < 1.29 is 0 Å². The Morgan fingerprint density at radius 2 is 1.67 bits per heavy atom. The van der Waals surface area contributed by atoms with Crippen LogP contribution in [0.5, 0.6) is 0 Å². The SMILES string of the molecule is C1CCN(CCNCC2C3C4CCC(C4)C23)CC1. The van der Waals surface area contributed by atoms with Crippen molar-refractivity contribution in [1.29, 1.82) is 0 Å². The average molecular weight is 248 g/mol. The fourth-order valence-electron chi connectivity index (χ4n) is 5.47. The number of likely N-dealkylation sites (tertiary alicyclic amines) is 1. The molecule has 1 N–H and O–H groups in total. The summed E-state index contributed by atoms with van der Waals surface area (Å²) in [5, 5.41) is 3.75. The summed E-state index contributed by atoms with van der Waals surface area (Å²) < 4.78 is 0. The zero-order valence-electron chi connectivity index (χ0n) is 11.6. The number of nitrogens with zero attached hydrogens (tertiary/aromatic N) is 1. The summed E-state index contributed by atoms with van der Waals surface area (Å²) in [4.78, 5) is 2.65. The molecule has 4 unspecified atom stereocenters. The van der Waals surface area contributed by atoms with Crippen LogP contribution in [0.25, 0.3) is 0 Å². The molecule has 102 valence electrons. The molecule has 0 aromatic heterocycles. The molecule has 0 aromatic rings. The van der Waals surface area contributed by atoms with Gasteiger partial charge in [-0.2, -0.15) is 0 Å². The lowest BCUT2D eigenvalue weighted by molar-refractivity contribution is 0.228. The van der Waals surface area contributed by atoms with Crippen molar-refractivity contribution in [2.75, 3.05) is 32.7 Å². The van der Waals surface area contributed by atoms with Crippen molar-refractivity contribution in [3.05, 3.63) is 0 Å². The molecule has 4 fully saturated rings. The molecule has 2 bridgehead atoms. The molecular weight excluding hydrogens is 220 g/mol. The third-order valence-corrected chi connectivity index (χ3v) is 6.33. The highest BCUT2D eigenvalue weighted by molar-refractivity contribution is 5.13. The Kier molecular flexibility index (Phi) is 3.12. The van der Waals surface area contributed by atoms with Crippen LogP contribution in [0.3, 0.4) is 0 Å². The molecule has 0 amide bonds. The Balaban J connectivity index is 1.14. The Hall–Kier alpha value is -0.0800. The van der Waals surface area contributed by atoms with Gasteiger partial charge in [0.05, 0.1) is 0 Å². The molecule has 18 heavy (non-hydrogen) atoms. The summed E-state index contributed by atoms with van der Waals surface area (Å²) in [7, 11) is 0. The normalized spacial score (nSPS) is 46.3. The minimum absolute atomic E-state index is 1.08. The lowest BCUT2D eigenvalue weighted by Crippen LogP contribution is -2.36. The smallest absolute Gasteiger partial charge is 0.0107 e. The summed E-state index contributed by atoms with van der Waals surface area (Å²) >= 11 is 0. The molecule has 3 saturated carbocycles. The van der Waals surface area contributed by atoms with Gasteiger partial charge in [0.15, 0.2) is 0 Å². The van der Waals surface area contributed by atoms with Crippen LogP contribution in [-0.4, -0.2) is 37.6 Å². The third kappa shape index (κ3) is 2.02. The minimum Gasteiger partial charge on any atom is -0.315 e. The van der Waals surface area contributed by atoms with Crippen LogP contribution >= 0.6 is 0 Å². The Morgan fingerprint density at radius 3 is 2.39 bits per heavy atom. The largest absolute Gasteiger partial charge is 0.315 e. The monoisotopic (exact) mass is 248 g/mol. The van der Waals surface area contributed by atoms with Gasteiger partial charge in [-0.1, -0.05) is 6.42 Å². The maximum atomic E-state index is 3.75. The quantitative estimate of drug-likeness (QED) is 0.751. The van der Waals surface area contributed by atoms with E-state index in [2.05, 4.69) is 10.2 Å². The molecule has 2 heteroatoms. The number of piperidine rings is 1. The van der Waals surface area contributed by atoms with Crippen LogP contribution in [-0.2, 0) is 0 Å². The van der Waals surface area contributed by atoms with Gasteiger partial charge in [0.1, 0.15) is 0 Å². The summed E-state index contributed by atoms with van der Waals surface area (Å²) in [6.45, 7) is 6.54. The van der Waals surface area contributed by atoms with Crippen molar-refractivity contribution in [1.82, 2.24) is 10.2 Å². The summed E-state index contributed by atoms with van der Waals surface area (Å²) in [5.74, 6) is 5.69. The van der Waals surface area contributed by atoms with Crippen LogP contribution in [0.2, 0.25) is 0 Å². The number of nitrogens with one attached hydrogen (secondary N) is 1. The van der Waals surface area contributed by atoms with Gasteiger partial charge in [-0.3, -0.25) is 0 Å². The molecule has 2 nitrogen and oxygen atoms in total. The maximum Gasteiger partial charge on any atom is 0.0107 e. The van der Waals surface area contributed by atoms with Gasteiger partial charge in [0, 0.05) is 13.1 Å². The van der Waals surface area contributed by atoms with E-state index in [4.69, 9.17) is 0 Å². The van der Waals surface area contributed by atoms with E-state index in [-0.39, 0.29) is 0 Å². The highest BCUT2D eigenvalue weighted by Crippen LogP contribution is 2.69. The van der Waals surface area contributed by atoms with E-state index >= 15 is 0 Å². The van der Waals surface area contributed by atoms with Crippen molar-refractivity contribution >= 4 is 0 Å². The molecule has 4 rings (SSSR count). The molecule has 3 aliphatic carbocycles. The first-order chi connectivity index (χ1) is 8.93. The van der Waals surface area contributed by atoms with E-state index in [1.807, 2.05) is 0 Å². The highest BCUT2D eigenvalue weighted by atomic mass is 15.1. The molecular formula is C16H28N2.